The first-order valence-electron chi connectivity index (χ1n) is 8.04. The lowest BCUT2D eigenvalue weighted by Gasteiger charge is -2.35. The van der Waals surface area contributed by atoms with E-state index in [4.69, 9.17) is 4.52 Å². The summed E-state index contributed by atoms with van der Waals surface area (Å²) < 4.78 is 5.45. The van der Waals surface area contributed by atoms with Crippen molar-refractivity contribution in [1.82, 2.24) is 10.1 Å². The van der Waals surface area contributed by atoms with Crippen LogP contribution >= 0.6 is 11.3 Å². The Morgan fingerprint density at radius 3 is 2.67 bits per heavy atom. The van der Waals surface area contributed by atoms with Crippen molar-refractivity contribution >= 4 is 17.0 Å². The molecule has 124 valence electrons. The number of phenols is 1. The second-order valence-electron chi connectivity index (χ2n) is 5.91. The van der Waals surface area contributed by atoms with Gasteiger partial charge >= 0.3 is 0 Å². The molecular formula is C18H19N3O2S. The molecule has 2 aromatic heterocycles. The Hall–Kier alpha value is -2.31. The van der Waals surface area contributed by atoms with Gasteiger partial charge in [-0.1, -0.05) is 23.4 Å². The van der Waals surface area contributed by atoms with Gasteiger partial charge in [0.2, 0.25) is 0 Å². The molecule has 1 fully saturated rings. The van der Waals surface area contributed by atoms with Gasteiger partial charge in [0.05, 0.1) is 16.3 Å². The number of aromatic hydroxyl groups is 1. The van der Waals surface area contributed by atoms with E-state index in [0.29, 0.717) is 5.75 Å². The molecule has 0 bridgehead atoms. The van der Waals surface area contributed by atoms with E-state index < -0.39 is 0 Å². The zero-order valence-corrected chi connectivity index (χ0v) is 14.1. The Morgan fingerprint density at radius 1 is 1.08 bits per heavy atom. The van der Waals surface area contributed by atoms with Crippen LogP contribution in [0.15, 0.2) is 52.4 Å². The van der Waals surface area contributed by atoms with Gasteiger partial charge in [0.15, 0.2) is 5.76 Å². The molecule has 0 radical (unpaired) electrons. The summed E-state index contributed by atoms with van der Waals surface area (Å²) in [6.45, 7) is 4.47. The Kier molecular flexibility index (Phi) is 4.23. The molecule has 0 aliphatic carbocycles. The highest BCUT2D eigenvalue weighted by molar-refractivity contribution is 7.13. The summed E-state index contributed by atoms with van der Waals surface area (Å²) in [5, 5.41) is 16.2. The Balaban J connectivity index is 1.36. The summed E-state index contributed by atoms with van der Waals surface area (Å²) in [5.41, 5.74) is 1.88. The maximum atomic E-state index is 9.98. The summed E-state index contributed by atoms with van der Waals surface area (Å²) in [5.74, 6) is 1.19. The topological polar surface area (TPSA) is 52.7 Å². The average Bonchev–Trinajstić information content (AvgIpc) is 3.27. The first-order valence-corrected chi connectivity index (χ1v) is 8.92. The molecular weight excluding hydrogens is 322 g/mol. The van der Waals surface area contributed by atoms with E-state index in [0.717, 1.165) is 54.7 Å². The molecule has 1 N–H and O–H groups in total. The minimum absolute atomic E-state index is 0.350. The van der Waals surface area contributed by atoms with E-state index >= 15 is 0 Å². The number of anilines is 1. The molecule has 0 amide bonds. The number of hydrogen-bond acceptors (Lipinski definition) is 6. The van der Waals surface area contributed by atoms with Crippen molar-refractivity contribution < 1.29 is 9.63 Å². The molecule has 0 spiro atoms. The lowest BCUT2D eigenvalue weighted by molar-refractivity contribution is 0.242. The van der Waals surface area contributed by atoms with Crippen LogP contribution in [0.4, 0.5) is 5.69 Å². The third-order valence-electron chi connectivity index (χ3n) is 4.30. The second kappa shape index (κ2) is 6.67. The molecule has 4 rings (SSSR count). The van der Waals surface area contributed by atoms with Gasteiger partial charge in [0, 0.05) is 38.8 Å². The lowest BCUT2D eigenvalue weighted by atomic mass is 10.2. The fourth-order valence-corrected chi connectivity index (χ4v) is 3.70. The number of thiophene rings is 1. The zero-order valence-electron chi connectivity index (χ0n) is 13.3. The predicted octanol–water partition coefficient (Wildman–Crippen LogP) is 3.43. The standard InChI is InChI=1S/C18H19N3O2S/c22-16-5-2-1-4-15(16)21-9-7-20(8-10-21)13-14-12-17(23-19-14)18-6-3-11-24-18/h1-6,11-12,22H,7-10,13H2. The number of rotatable bonds is 4. The first kappa shape index (κ1) is 15.2. The highest BCUT2D eigenvalue weighted by Gasteiger charge is 2.20. The number of nitrogens with zero attached hydrogens (tertiary/aromatic N) is 3. The summed E-state index contributed by atoms with van der Waals surface area (Å²) in [6, 6.07) is 13.6. The number of hydrogen-bond donors (Lipinski definition) is 1. The minimum Gasteiger partial charge on any atom is -0.506 e. The average molecular weight is 341 g/mol. The van der Waals surface area contributed by atoms with Gasteiger partial charge in [-0.2, -0.15) is 0 Å². The van der Waals surface area contributed by atoms with Crippen molar-refractivity contribution in [3.05, 3.63) is 53.5 Å². The summed E-state index contributed by atoms with van der Waals surface area (Å²) in [4.78, 5) is 5.70. The Bertz CT molecular complexity index is 792. The van der Waals surface area contributed by atoms with Crippen molar-refractivity contribution in [2.24, 2.45) is 0 Å². The van der Waals surface area contributed by atoms with Crippen LogP contribution in [0.5, 0.6) is 5.75 Å². The van der Waals surface area contributed by atoms with Crippen molar-refractivity contribution in [3.63, 3.8) is 0 Å². The van der Waals surface area contributed by atoms with Crippen LogP contribution in [0.3, 0.4) is 0 Å². The molecule has 3 aromatic rings. The van der Waals surface area contributed by atoms with Gasteiger partial charge in [-0.15, -0.1) is 11.3 Å². The van der Waals surface area contributed by atoms with Crippen molar-refractivity contribution in [2.45, 2.75) is 6.54 Å². The van der Waals surface area contributed by atoms with Crippen LogP contribution in [0.2, 0.25) is 0 Å². The van der Waals surface area contributed by atoms with Gasteiger partial charge in [0.1, 0.15) is 5.75 Å². The van der Waals surface area contributed by atoms with Crippen molar-refractivity contribution in [1.29, 1.82) is 0 Å². The Labute approximate surface area is 144 Å². The quantitative estimate of drug-likeness (QED) is 0.788. The van der Waals surface area contributed by atoms with Crippen LogP contribution in [0.25, 0.3) is 10.6 Å². The molecule has 0 unspecified atom stereocenters. The van der Waals surface area contributed by atoms with Gasteiger partial charge in [-0.3, -0.25) is 4.90 Å². The highest BCUT2D eigenvalue weighted by Crippen LogP contribution is 2.28. The monoisotopic (exact) mass is 341 g/mol. The number of benzene rings is 1. The fourth-order valence-electron chi connectivity index (χ4n) is 3.03. The number of piperazine rings is 1. The van der Waals surface area contributed by atoms with Crippen molar-refractivity contribution in [3.8, 4) is 16.4 Å². The van der Waals surface area contributed by atoms with E-state index in [1.54, 1.807) is 17.4 Å². The Morgan fingerprint density at radius 2 is 1.92 bits per heavy atom. The normalized spacial score (nSPS) is 15.8. The number of aromatic nitrogens is 1. The second-order valence-corrected chi connectivity index (χ2v) is 6.86. The largest absolute Gasteiger partial charge is 0.506 e. The predicted molar refractivity (Wildman–Crippen MR) is 95.4 cm³/mol. The number of phenolic OH excluding ortho intramolecular Hbond substituents is 1. The molecule has 1 aliphatic rings. The van der Waals surface area contributed by atoms with Gasteiger partial charge < -0.3 is 14.5 Å². The molecule has 1 aromatic carbocycles. The first-order chi connectivity index (χ1) is 11.8. The third kappa shape index (κ3) is 3.16. The lowest BCUT2D eigenvalue weighted by Crippen LogP contribution is -2.46. The molecule has 6 heteroatoms. The van der Waals surface area contributed by atoms with Gasteiger partial charge in [-0.25, -0.2) is 0 Å². The van der Waals surface area contributed by atoms with Crippen molar-refractivity contribution in [2.75, 3.05) is 31.1 Å². The molecule has 1 aliphatic heterocycles. The summed E-state index contributed by atoms with van der Waals surface area (Å²) in [6.07, 6.45) is 0. The van der Waals surface area contributed by atoms with E-state index in [9.17, 15) is 5.11 Å². The third-order valence-corrected chi connectivity index (χ3v) is 5.19. The molecule has 0 saturated carbocycles. The van der Waals surface area contributed by atoms with Crippen LogP contribution in [0.1, 0.15) is 5.69 Å². The molecule has 0 atom stereocenters. The maximum absolute atomic E-state index is 9.98. The van der Waals surface area contributed by atoms with Gasteiger partial charge in [-0.05, 0) is 23.6 Å². The maximum Gasteiger partial charge on any atom is 0.177 e. The smallest absolute Gasteiger partial charge is 0.177 e. The van der Waals surface area contributed by atoms with Gasteiger partial charge in [0.25, 0.3) is 0 Å². The minimum atomic E-state index is 0.350. The van der Waals surface area contributed by atoms with Crippen LogP contribution in [0, 0.1) is 0 Å². The highest BCUT2D eigenvalue weighted by atomic mass is 32.1. The van der Waals surface area contributed by atoms with E-state index in [-0.39, 0.29) is 0 Å². The van der Waals surface area contributed by atoms with E-state index in [2.05, 4.69) is 15.0 Å². The molecule has 1 saturated heterocycles. The van der Waals surface area contributed by atoms with Crippen LogP contribution in [-0.2, 0) is 6.54 Å². The molecule has 3 heterocycles. The zero-order chi connectivity index (χ0) is 16.4. The summed E-state index contributed by atoms with van der Waals surface area (Å²) in [7, 11) is 0. The summed E-state index contributed by atoms with van der Waals surface area (Å²) >= 11 is 1.66. The van der Waals surface area contributed by atoms with Crippen LogP contribution in [-0.4, -0.2) is 41.3 Å². The molecule has 24 heavy (non-hydrogen) atoms. The number of para-hydroxylation sites is 2. The van der Waals surface area contributed by atoms with E-state index in [1.807, 2.05) is 41.8 Å². The molecule has 5 nitrogen and oxygen atoms in total. The SMILES string of the molecule is Oc1ccccc1N1CCN(Cc2cc(-c3cccs3)on2)CC1. The van der Waals surface area contributed by atoms with Crippen LogP contribution < -0.4 is 4.90 Å². The fraction of sp³-hybridized carbons (Fsp3) is 0.278. The van der Waals surface area contributed by atoms with E-state index in [1.165, 1.54) is 0 Å².